The number of hydrogen-bond acceptors (Lipinski definition) is 10. The number of anilines is 2. The molecule has 0 fully saturated rings. The Morgan fingerprint density at radius 2 is 0.432 bits per heavy atom. The van der Waals surface area contributed by atoms with Crippen molar-refractivity contribution in [2.24, 2.45) is 0 Å². The summed E-state index contributed by atoms with van der Waals surface area (Å²) in [6, 6.07) is 18.5. The lowest BCUT2D eigenvalue weighted by molar-refractivity contribution is 0.309. The van der Waals surface area contributed by atoms with E-state index in [1.165, 1.54) is 48.5 Å². The predicted octanol–water partition coefficient (Wildman–Crippen LogP) is 14.1. The Labute approximate surface area is 473 Å². The molecule has 88 heavy (non-hydrogen) atoms. The molecule has 446 valence electrons. The van der Waals surface area contributed by atoms with Crippen molar-refractivity contribution in [1.82, 2.24) is 9.13 Å². The molecule has 0 aliphatic heterocycles. The summed E-state index contributed by atoms with van der Waals surface area (Å²) in [6.07, 6.45) is 0. The average Bonchev–Trinajstić information content (AvgIpc) is 1.49. The SMILES string of the molecule is Nc1ccc(Oc2ccc(-n3c(=O)c4c(-c5c(F)c(F)c(Oc6c(F)c(F)c(F)c(F)c6F)c(F)c5F)c5c(=O)n(-c6ccc(Oc7ccc(N)cc7)cc6)c(=O)c5c(-c5c(F)c(F)c(Oc6c(F)c(F)c(F)c(F)c6F)c(F)c5F)c4c3=O)cc2)cc1. The van der Waals surface area contributed by atoms with Crippen LogP contribution in [0.15, 0.2) is 116 Å². The van der Waals surface area contributed by atoms with Crippen LogP contribution in [0.1, 0.15) is 0 Å². The normalized spacial score (nSPS) is 11.6. The zero-order valence-electron chi connectivity index (χ0n) is 42.4. The van der Waals surface area contributed by atoms with Crippen LogP contribution in [0.4, 0.5) is 90.4 Å². The number of hydrogen-bond donors (Lipinski definition) is 2. The highest BCUT2D eigenvalue weighted by molar-refractivity contribution is 6.21. The van der Waals surface area contributed by atoms with Gasteiger partial charge in [0.1, 0.15) is 23.0 Å². The van der Waals surface area contributed by atoms with Gasteiger partial charge in [-0.25, -0.2) is 53.0 Å². The smallest absolute Gasteiger partial charge is 0.266 e. The zero-order valence-corrected chi connectivity index (χ0v) is 42.4. The number of nitrogens with zero attached hydrogens (tertiary/aromatic N) is 2. The topological polar surface area (TPSA) is 167 Å². The number of fused-ring (bicyclic) bond motifs is 2. The molecule has 0 bridgehead atoms. The molecule has 0 amide bonds. The van der Waals surface area contributed by atoms with Gasteiger partial charge in [0, 0.05) is 22.5 Å². The number of ether oxygens (including phenoxy) is 4. The van der Waals surface area contributed by atoms with Gasteiger partial charge in [0.15, 0.2) is 23.3 Å². The largest absolute Gasteiger partial charge is 0.457 e. The fourth-order valence-electron chi connectivity index (χ4n) is 9.27. The van der Waals surface area contributed by atoms with Crippen LogP contribution in [0.2, 0.25) is 0 Å². The molecule has 11 rings (SSSR count). The highest BCUT2D eigenvalue weighted by Gasteiger charge is 2.41. The number of halogens is 18. The van der Waals surface area contributed by atoms with Gasteiger partial charge in [0.25, 0.3) is 22.2 Å². The highest BCUT2D eigenvalue weighted by atomic mass is 19.2. The van der Waals surface area contributed by atoms with E-state index in [0.29, 0.717) is 0 Å². The van der Waals surface area contributed by atoms with Crippen LogP contribution in [-0.2, 0) is 0 Å². The van der Waals surface area contributed by atoms with Crippen molar-refractivity contribution in [3.05, 3.63) is 243 Å². The molecule has 12 nitrogen and oxygen atoms in total. The van der Waals surface area contributed by atoms with E-state index in [1.807, 2.05) is 0 Å². The van der Waals surface area contributed by atoms with Gasteiger partial charge in [-0.05, 0) is 97.1 Å². The highest BCUT2D eigenvalue weighted by Crippen LogP contribution is 2.49. The minimum Gasteiger partial charge on any atom is -0.457 e. The Hall–Kier alpha value is -11.2. The molecule has 11 aromatic rings. The second-order valence-electron chi connectivity index (χ2n) is 18.4. The van der Waals surface area contributed by atoms with E-state index in [-0.39, 0.29) is 43.5 Å². The first-order valence-corrected chi connectivity index (χ1v) is 24.1. The van der Waals surface area contributed by atoms with Crippen LogP contribution < -0.4 is 52.7 Å². The second kappa shape index (κ2) is 21.4. The van der Waals surface area contributed by atoms with E-state index >= 15 is 54.3 Å². The van der Waals surface area contributed by atoms with Crippen LogP contribution in [0, 0.1) is 105 Å². The lowest BCUT2D eigenvalue weighted by Gasteiger charge is -2.17. The average molecular weight is 1240 g/mol. The van der Waals surface area contributed by atoms with E-state index < -0.39 is 205 Å². The molecule has 9 aromatic carbocycles. The van der Waals surface area contributed by atoms with Crippen LogP contribution in [-0.4, -0.2) is 9.13 Å². The minimum atomic E-state index is -3.04. The molecular weight excluding hydrogens is 1220 g/mol. The molecular formula is C58H20F18N4O8. The molecule has 0 atom stereocenters. The van der Waals surface area contributed by atoms with E-state index in [9.17, 15) is 43.9 Å². The lowest BCUT2D eigenvalue weighted by atomic mass is 9.88. The van der Waals surface area contributed by atoms with Crippen LogP contribution in [0.3, 0.4) is 0 Å². The van der Waals surface area contributed by atoms with Crippen LogP contribution in [0.25, 0.3) is 55.2 Å². The quantitative estimate of drug-likeness (QED) is 0.0520. The van der Waals surface area contributed by atoms with E-state index in [1.54, 1.807) is 0 Å². The summed E-state index contributed by atoms with van der Waals surface area (Å²) in [5.74, 6) is -63.7. The van der Waals surface area contributed by atoms with Crippen molar-refractivity contribution in [1.29, 1.82) is 0 Å². The van der Waals surface area contributed by atoms with Gasteiger partial charge < -0.3 is 30.4 Å². The zero-order chi connectivity index (χ0) is 63.5. The number of aromatic nitrogens is 2. The fourth-order valence-corrected chi connectivity index (χ4v) is 9.27. The molecule has 0 radical (unpaired) electrons. The minimum absolute atomic E-state index is 0.0846. The number of nitrogen functional groups attached to an aromatic ring is 2. The number of rotatable bonds is 12. The van der Waals surface area contributed by atoms with Crippen molar-refractivity contribution >= 4 is 32.9 Å². The van der Waals surface area contributed by atoms with E-state index in [2.05, 4.69) is 9.47 Å². The van der Waals surface area contributed by atoms with Gasteiger partial charge in [-0.1, -0.05) is 0 Å². The third kappa shape index (κ3) is 9.00. The molecule has 0 unspecified atom stereocenters. The van der Waals surface area contributed by atoms with Crippen LogP contribution in [0.5, 0.6) is 46.0 Å². The number of benzene rings is 9. The third-order valence-corrected chi connectivity index (χ3v) is 13.3. The molecule has 0 aliphatic carbocycles. The first-order chi connectivity index (χ1) is 41.7. The van der Waals surface area contributed by atoms with Gasteiger partial charge in [0.05, 0.1) is 44.0 Å². The Bertz CT molecular complexity index is 4540. The fraction of sp³-hybridized carbons (Fsp3) is 0. The summed E-state index contributed by atoms with van der Waals surface area (Å²) in [6.45, 7) is 0. The molecule has 0 spiro atoms. The summed E-state index contributed by atoms with van der Waals surface area (Å²) in [5.41, 5.74) is -6.66. The van der Waals surface area contributed by atoms with Crippen molar-refractivity contribution in [3.63, 3.8) is 0 Å². The Kier molecular flexibility index (Phi) is 14.2. The molecule has 4 N–H and O–H groups in total. The van der Waals surface area contributed by atoms with Crippen molar-refractivity contribution in [2.75, 3.05) is 11.5 Å². The molecule has 30 heteroatoms. The lowest BCUT2D eigenvalue weighted by Crippen LogP contribution is -2.24. The first-order valence-electron chi connectivity index (χ1n) is 24.1. The summed E-state index contributed by atoms with van der Waals surface area (Å²) < 4.78 is 299. The van der Waals surface area contributed by atoms with Crippen molar-refractivity contribution < 1.29 is 98.0 Å². The first kappa shape index (κ1) is 58.6. The van der Waals surface area contributed by atoms with Gasteiger partial charge in [-0.2, -0.15) is 35.1 Å². The van der Waals surface area contributed by atoms with Crippen molar-refractivity contribution in [2.45, 2.75) is 0 Å². The number of nitrogens with two attached hydrogens (primary N) is 2. The van der Waals surface area contributed by atoms with E-state index in [4.69, 9.17) is 20.9 Å². The molecule has 0 saturated heterocycles. The summed E-state index contributed by atoms with van der Waals surface area (Å²) in [4.78, 5) is 60.7. The van der Waals surface area contributed by atoms with E-state index in [0.717, 1.165) is 48.5 Å². The monoisotopic (exact) mass is 1240 g/mol. The maximum Gasteiger partial charge on any atom is 0.266 e. The Morgan fingerprint density at radius 1 is 0.239 bits per heavy atom. The molecule has 2 aromatic heterocycles. The van der Waals surface area contributed by atoms with Gasteiger partial charge in [-0.15, -0.1) is 0 Å². The predicted molar refractivity (Wildman–Crippen MR) is 273 cm³/mol. The molecule has 0 aliphatic rings. The van der Waals surface area contributed by atoms with Gasteiger partial charge in [0.2, 0.25) is 104 Å². The second-order valence-corrected chi connectivity index (χ2v) is 18.4. The third-order valence-electron chi connectivity index (χ3n) is 13.3. The molecule has 2 heterocycles. The van der Waals surface area contributed by atoms with Gasteiger partial charge in [-0.3, -0.25) is 19.2 Å². The van der Waals surface area contributed by atoms with Crippen molar-refractivity contribution in [3.8, 4) is 79.6 Å². The van der Waals surface area contributed by atoms with Crippen LogP contribution >= 0.6 is 0 Å². The summed E-state index contributed by atoms with van der Waals surface area (Å²) in [5, 5.41) is -7.49. The summed E-state index contributed by atoms with van der Waals surface area (Å²) >= 11 is 0. The standard InChI is InChI=1S/C58H20F18N4O8/c59-33-31(34(60)44(70)51(43(33)69)87-53-47(73)39(65)37(63)40(66)48(53)74)25-27-28(56(82)79(55(27)81)19-5-13-23(14-6-19)85-21-9-1-17(77)2-10-21)26(32-35(61)45(71)52(46(72)36(32)62)88-54-49(75)41(67)38(64)42(68)50(54)76)30-29(25)57(83)80(58(30)84)20-7-15-24(16-8-20)86-22-11-3-18(78)4-12-22/h1-16H,77-78H2. The Balaban J connectivity index is 1.26. The Morgan fingerprint density at radius 3 is 0.659 bits per heavy atom. The summed E-state index contributed by atoms with van der Waals surface area (Å²) in [7, 11) is 0. The van der Waals surface area contributed by atoms with Gasteiger partial charge >= 0.3 is 0 Å². The molecule has 0 saturated carbocycles. The maximum absolute atomic E-state index is 17.2. The maximum atomic E-state index is 17.2.